The van der Waals surface area contributed by atoms with E-state index in [9.17, 15) is 30.8 Å². The van der Waals surface area contributed by atoms with Gasteiger partial charge in [-0.2, -0.15) is 17.5 Å². The third-order valence-electron chi connectivity index (χ3n) is 4.68. The first-order valence-corrected chi connectivity index (χ1v) is 10.5. The molecule has 0 bridgehead atoms. The number of alkyl halides is 3. The van der Waals surface area contributed by atoms with E-state index in [1.54, 1.807) is 0 Å². The van der Waals surface area contributed by atoms with E-state index in [0.29, 0.717) is 5.69 Å². The number of hydrogen-bond acceptors (Lipinski definition) is 4. The summed E-state index contributed by atoms with van der Waals surface area (Å²) < 4.78 is 77.4. The summed E-state index contributed by atoms with van der Waals surface area (Å²) >= 11 is 0. The van der Waals surface area contributed by atoms with Crippen LogP contribution in [0.5, 0.6) is 0 Å². The Balaban J connectivity index is 1.53. The lowest BCUT2D eigenvalue weighted by Gasteiger charge is -2.34. The monoisotopic (exact) mass is 445 g/mol. The van der Waals surface area contributed by atoms with Crippen LogP contribution >= 0.6 is 0 Å². The number of hydrogen-bond donors (Lipinski definition) is 1. The molecule has 1 fully saturated rings. The lowest BCUT2D eigenvalue weighted by Crippen LogP contribution is -2.51. The number of sulfonamides is 1. The largest absolute Gasteiger partial charge is 0.416 e. The van der Waals surface area contributed by atoms with Crippen molar-refractivity contribution in [3.63, 3.8) is 0 Å². The maximum absolute atomic E-state index is 13.3. The van der Waals surface area contributed by atoms with Gasteiger partial charge in [0.15, 0.2) is 0 Å². The smallest absolute Gasteiger partial charge is 0.376 e. The van der Waals surface area contributed by atoms with Crippen molar-refractivity contribution in [2.75, 3.05) is 38.0 Å². The fourth-order valence-corrected chi connectivity index (χ4v) is 4.48. The number of halogens is 4. The van der Waals surface area contributed by atoms with Gasteiger partial charge in [-0.3, -0.25) is 4.79 Å². The maximum Gasteiger partial charge on any atom is 0.416 e. The number of benzene rings is 2. The molecule has 1 heterocycles. The summed E-state index contributed by atoms with van der Waals surface area (Å²) in [5, 5.41) is 2.76. The molecule has 0 aromatic heterocycles. The van der Waals surface area contributed by atoms with Gasteiger partial charge in [0.25, 0.3) is 0 Å². The van der Waals surface area contributed by atoms with Gasteiger partial charge in [0.1, 0.15) is 5.82 Å². The third-order valence-corrected chi connectivity index (χ3v) is 6.58. The number of carbonyl (C=O) groups is 1. The maximum atomic E-state index is 13.3. The second-order valence-corrected chi connectivity index (χ2v) is 8.61. The minimum Gasteiger partial charge on any atom is -0.376 e. The number of nitrogens with zero attached hydrogens (tertiary/aromatic N) is 2. The quantitative estimate of drug-likeness (QED) is 0.719. The number of piperazine rings is 1. The van der Waals surface area contributed by atoms with E-state index < -0.39 is 27.6 Å². The minimum absolute atomic E-state index is 0.0604. The van der Waals surface area contributed by atoms with Gasteiger partial charge in [-0.15, -0.1) is 0 Å². The number of nitrogens with one attached hydrogen (secondary N) is 1. The fraction of sp³-hybridized carbons (Fsp3) is 0.316. The Labute approximate surface area is 171 Å². The average Bonchev–Trinajstić information content (AvgIpc) is 2.72. The SMILES string of the molecule is O=C(CNc1ccc(C(F)(F)F)cc1)N1CCN(S(=O)(=O)c2cccc(F)c2)CC1. The van der Waals surface area contributed by atoms with E-state index >= 15 is 0 Å². The topological polar surface area (TPSA) is 69.7 Å². The van der Waals surface area contributed by atoms with Crippen molar-refractivity contribution >= 4 is 21.6 Å². The van der Waals surface area contributed by atoms with E-state index in [0.717, 1.165) is 24.3 Å². The van der Waals surface area contributed by atoms with Crippen LogP contribution in [0.4, 0.5) is 23.2 Å². The van der Waals surface area contributed by atoms with Crippen molar-refractivity contribution in [1.82, 2.24) is 9.21 Å². The summed E-state index contributed by atoms with van der Waals surface area (Å²) in [5.74, 6) is -0.961. The molecule has 1 aliphatic rings. The first kappa shape index (κ1) is 22.0. The van der Waals surface area contributed by atoms with Crippen LogP contribution in [0.2, 0.25) is 0 Å². The van der Waals surface area contributed by atoms with Crippen LogP contribution < -0.4 is 5.32 Å². The van der Waals surface area contributed by atoms with Gasteiger partial charge in [0, 0.05) is 31.9 Å². The zero-order chi connectivity index (χ0) is 21.9. The second kappa shape index (κ2) is 8.60. The van der Waals surface area contributed by atoms with Gasteiger partial charge in [-0.05, 0) is 42.5 Å². The summed E-state index contributed by atoms with van der Waals surface area (Å²) in [6.07, 6.45) is -4.43. The zero-order valence-electron chi connectivity index (χ0n) is 15.7. The molecular weight excluding hydrogens is 426 g/mol. The van der Waals surface area contributed by atoms with Crippen LogP contribution in [0.1, 0.15) is 5.56 Å². The Hall–Kier alpha value is -2.66. The standard InChI is InChI=1S/C19H19F4N3O3S/c20-15-2-1-3-17(12-15)30(28,29)26-10-8-25(9-11-26)18(27)13-24-16-6-4-14(5-7-16)19(21,22)23/h1-7,12,24H,8-11,13H2. The molecule has 1 aliphatic heterocycles. The minimum atomic E-state index is -4.43. The summed E-state index contributed by atoms with van der Waals surface area (Å²) in [7, 11) is -3.86. The van der Waals surface area contributed by atoms with E-state index in [2.05, 4.69) is 5.32 Å². The van der Waals surface area contributed by atoms with Gasteiger partial charge < -0.3 is 10.2 Å². The van der Waals surface area contributed by atoms with Crippen LogP contribution in [-0.2, 0) is 21.0 Å². The summed E-state index contributed by atoms with van der Waals surface area (Å²) in [6, 6.07) is 9.03. The van der Waals surface area contributed by atoms with Gasteiger partial charge in [-0.25, -0.2) is 12.8 Å². The van der Waals surface area contributed by atoms with Crippen LogP contribution in [0.25, 0.3) is 0 Å². The van der Waals surface area contributed by atoms with Crippen molar-refractivity contribution in [2.45, 2.75) is 11.1 Å². The number of anilines is 1. The molecule has 11 heteroatoms. The van der Waals surface area contributed by atoms with Crippen LogP contribution in [0, 0.1) is 5.82 Å². The number of rotatable bonds is 5. The predicted octanol–water partition coefficient (Wildman–Crippen LogP) is 2.79. The van der Waals surface area contributed by atoms with Gasteiger partial charge >= 0.3 is 6.18 Å². The van der Waals surface area contributed by atoms with Crippen LogP contribution in [-0.4, -0.2) is 56.3 Å². The molecule has 1 amide bonds. The Morgan fingerprint density at radius 3 is 2.20 bits per heavy atom. The number of carbonyl (C=O) groups excluding carboxylic acids is 1. The summed E-state index contributed by atoms with van der Waals surface area (Å²) in [5.41, 5.74) is -0.418. The molecule has 0 saturated carbocycles. The van der Waals surface area contributed by atoms with Gasteiger partial charge in [0.2, 0.25) is 15.9 Å². The lowest BCUT2D eigenvalue weighted by molar-refractivity contribution is -0.137. The Bertz CT molecular complexity index is 1000. The van der Waals surface area contributed by atoms with E-state index in [-0.39, 0.29) is 43.5 Å². The van der Waals surface area contributed by atoms with E-state index in [1.807, 2.05) is 0 Å². The van der Waals surface area contributed by atoms with Crippen molar-refractivity contribution in [2.24, 2.45) is 0 Å². The van der Waals surface area contributed by atoms with Crippen molar-refractivity contribution < 1.29 is 30.8 Å². The Morgan fingerprint density at radius 1 is 1.00 bits per heavy atom. The summed E-state index contributed by atoms with van der Waals surface area (Å²) in [4.78, 5) is 13.7. The van der Waals surface area contributed by atoms with Crippen molar-refractivity contribution in [3.05, 3.63) is 59.9 Å². The molecule has 2 aromatic rings. The van der Waals surface area contributed by atoms with Crippen molar-refractivity contribution in [3.8, 4) is 0 Å². The third kappa shape index (κ3) is 5.08. The molecule has 1 N–H and O–H groups in total. The molecular formula is C19H19F4N3O3S. The molecule has 0 radical (unpaired) electrons. The summed E-state index contributed by atoms with van der Waals surface area (Å²) in [6.45, 7) is 0.294. The first-order valence-electron chi connectivity index (χ1n) is 9.02. The van der Waals surface area contributed by atoms with Crippen LogP contribution in [0.3, 0.4) is 0 Å². The van der Waals surface area contributed by atoms with Crippen molar-refractivity contribution in [1.29, 1.82) is 0 Å². The first-order chi connectivity index (χ1) is 14.1. The van der Waals surface area contributed by atoms with Gasteiger partial charge in [-0.1, -0.05) is 6.07 Å². The molecule has 0 atom stereocenters. The van der Waals surface area contributed by atoms with Crippen LogP contribution in [0.15, 0.2) is 53.4 Å². The highest BCUT2D eigenvalue weighted by atomic mass is 32.2. The normalized spacial score (nSPS) is 15.8. The van der Waals surface area contributed by atoms with E-state index in [4.69, 9.17) is 0 Å². The molecule has 2 aromatic carbocycles. The highest BCUT2D eigenvalue weighted by Gasteiger charge is 2.31. The lowest BCUT2D eigenvalue weighted by atomic mass is 10.2. The molecule has 0 unspecified atom stereocenters. The average molecular weight is 445 g/mol. The van der Waals surface area contributed by atoms with Gasteiger partial charge in [0.05, 0.1) is 17.0 Å². The molecule has 6 nitrogen and oxygen atoms in total. The highest BCUT2D eigenvalue weighted by Crippen LogP contribution is 2.29. The Kier molecular flexibility index (Phi) is 6.32. The predicted molar refractivity (Wildman–Crippen MR) is 102 cm³/mol. The number of amides is 1. The zero-order valence-corrected chi connectivity index (χ0v) is 16.5. The molecule has 3 rings (SSSR count). The molecule has 0 spiro atoms. The molecule has 0 aliphatic carbocycles. The molecule has 1 saturated heterocycles. The Morgan fingerprint density at radius 2 is 1.63 bits per heavy atom. The molecule has 30 heavy (non-hydrogen) atoms. The second-order valence-electron chi connectivity index (χ2n) is 6.67. The fourth-order valence-electron chi connectivity index (χ4n) is 3.02. The molecule has 162 valence electrons. The highest BCUT2D eigenvalue weighted by molar-refractivity contribution is 7.89. The van der Waals surface area contributed by atoms with E-state index in [1.165, 1.54) is 33.5 Å².